The highest BCUT2D eigenvalue weighted by Crippen LogP contribution is 2.17. The summed E-state index contributed by atoms with van der Waals surface area (Å²) in [6.45, 7) is 0. The van der Waals surface area contributed by atoms with Crippen LogP contribution in [0.1, 0.15) is 6.42 Å². The lowest BCUT2D eigenvalue weighted by Crippen LogP contribution is -2.17. The van der Waals surface area contributed by atoms with Crippen molar-refractivity contribution in [3.8, 4) is 0 Å². The third-order valence-corrected chi connectivity index (χ3v) is 5.68. The van der Waals surface area contributed by atoms with E-state index in [0.29, 0.717) is 21.6 Å². The van der Waals surface area contributed by atoms with Crippen LogP contribution in [0.15, 0.2) is 58.5 Å². The molecule has 3 rings (SSSR count). The van der Waals surface area contributed by atoms with Gasteiger partial charge >= 0.3 is 0 Å². The van der Waals surface area contributed by atoms with Crippen molar-refractivity contribution < 1.29 is 13.2 Å². The molecule has 0 spiro atoms. The van der Waals surface area contributed by atoms with Crippen LogP contribution >= 0.6 is 11.6 Å². The zero-order chi connectivity index (χ0) is 18.7. The molecule has 0 fully saturated rings. The van der Waals surface area contributed by atoms with Crippen molar-refractivity contribution in [3.05, 3.63) is 64.2 Å². The van der Waals surface area contributed by atoms with Crippen molar-refractivity contribution in [2.45, 2.75) is 11.3 Å². The quantitative estimate of drug-likeness (QED) is 0.694. The second-order valence-corrected chi connectivity index (χ2v) is 8.08. The highest BCUT2D eigenvalue weighted by atomic mass is 35.5. The number of fused-ring (bicyclic) bond motifs is 1. The molecular formula is C17H14ClN3O4S. The molecular weight excluding hydrogens is 378 g/mol. The van der Waals surface area contributed by atoms with Gasteiger partial charge in [0.2, 0.25) is 5.91 Å². The summed E-state index contributed by atoms with van der Waals surface area (Å²) >= 11 is 5.74. The fourth-order valence-electron chi connectivity index (χ4n) is 2.36. The highest BCUT2D eigenvalue weighted by molar-refractivity contribution is 7.91. The zero-order valence-electron chi connectivity index (χ0n) is 13.4. The second-order valence-electron chi connectivity index (χ2n) is 5.53. The molecule has 7 nitrogen and oxygen atoms in total. The molecule has 0 atom stereocenters. The third kappa shape index (κ3) is 4.09. The van der Waals surface area contributed by atoms with Crippen molar-refractivity contribution in [1.29, 1.82) is 0 Å². The summed E-state index contributed by atoms with van der Waals surface area (Å²) in [5, 5.41) is 3.35. The Labute approximate surface area is 154 Å². The van der Waals surface area contributed by atoms with E-state index in [1.807, 2.05) is 0 Å². The SMILES string of the molecule is O=C(CCS(=O)(=O)c1ccc(Cl)cc1)Nc1ccc2nc[nH]c(=O)c2c1. The molecule has 0 bridgehead atoms. The molecule has 0 aliphatic rings. The number of benzene rings is 2. The monoisotopic (exact) mass is 391 g/mol. The van der Waals surface area contributed by atoms with Crippen LogP contribution in [0.4, 0.5) is 5.69 Å². The maximum Gasteiger partial charge on any atom is 0.258 e. The number of nitrogens with zero attached hydrogens (tertiary/aromatic N) is 1. The first kappa shape index (κ1) is 18.1. The van der Waals surface area contributed by atoms with E-state index in [1.54, 1.807) is 12.1 Å². The van der Waals surface area contributed by atoms with Crippen molar-refractivity contribution in [3.63, 3.8) is 0 Å². The summed E-state index contributed by atoms with van der Waals surface area (Å²) in [4.78, 5) is 30.4. The molecule has 0 saturated heterocycles. The van der Waals surface area contributed by atoms with Gasteiger partial charge in [-0.1, -0.05) is 11.6 Å². The standard InChI is InChI=1S/C17H14ClN3O4S/c18-11-1-4-13(5-2-11)26(24,25)8-7-16(22)21-12-3-6-15-14(9-12)17(23)20-10-19-15/h1-6,9-10H,7-8H2,(H,21,22)(H,19,20,23). The summed E-state index contributed by atoms with van der Waals surface area (Å²) < 4.78 is 24.5. The van der Waals surface area contributed by atoms with Crippen LogP contribution in [-0.4, -0.2) is 30.0 Å². The number of aromatic amines is 1. The fraction of sp³-hybridized carbons (Fsp3) is 0.118. The molecule has 0 unspecified atom stereocenters. The summed E-state index contributed by atoms with van der Waals surface area (Å²) in [6, 6.07) is 10.5. The first-order valence-corrected chi connectivity index (χ1v) is 9.64. The number of aromatic nitrogens is 2. The van der Waals surface area contributed by atoms with Gasteiger partial charge in [-0.2, -0.15) is 0 Å². The number of amides is 1. The van der Waals surface area contributed by atoms with E-state index in [1.165, 1.54) is 36.7 Å². The third-order valence-electron chi connectivity index (χ3n) is 3.69. The minimum Gasteiger partial charge on any atom is -0.326 e. The lowest BCUT2D eigenvalue weighted by Gasteiger charge is -2.07. The molecule has 134 valence electrons. The second kappa shape index (κ2) is 7.27. The fourth-order valence-corrected chi connectivity index (χ4v) is 3.72. The first-order valence-electron chi connectivity index (χ1n) is 7.61. The van der Waals surface area contributed by atoms with Gasteiger partial charge in [-0.05, 0) is 42.5 Å². The predicted octanol–water partition coefficient (Wildman–Crippen LogP) is 2.38. The maximum absolute atomic E-state index is 12.2. The van der Waals surface area contributed by atoms with E-state index in [0.717, 1.165) is 0 Å². The zero-order valence-corrected chi connectivity index (χ0v) is 15.0. The summed E-state index contributed by atoms with van der Waals surface area (Å²) in [7, 11) is -3.59. The van der Waals surface area contributed by atoms with Gasteiger partial charge in [-0.15, -0.1) is 0 Å². The van der Waals surface area contributed by atoms with Crippen molar-refractivity contribution in [1.82, 2.24) is 9.97 Å². The molecule has 2 N–H and O–H groups in total. The van der Waals surface area contributed by atoms with E-state index in [2.05, 4.69) is 15.3 Å². The number of carbonyl (C=O) groups excluding carboxylic acids is 1. The molecule has 1 heterocycles. The Bertz CT molecular complexity index is 1120. The number of hydrogen-bond donors (Lipinski definition) is 2. The largest absolute Gasteiger partial charge is 0.326 e. The number of hydrogen-bond acceptors (Lipinski definition) is 5. The number of rotatable bonds is 5. The predicted molar refractivity (Wildman–Crippen MR) is 99.1 cm³/mol. The van der Waals surface area contributed by atoms with Gasteiger partial charge in [0.15, 0.2) is 9.84 Å². The average Bonchev–Trinajstić information content (AvgIpc) is 2.61. The Morgan fingerprint density at radius 3 is 2.62 bits per heavy atom. The number of sulfone groups is 1. The summed E-state index contributed by atoms with van der Waals surface area (Å²) in [5.74, 6) is -0.807. The molecule has 0 saturated carbocycles. The van der Waals surface area contributed by atoms with Gasteiger partial charge in [0.1, 0.15) is 0 Å². The number of H-pyrrole nitrogens is 1. The van der Waals surface area contributed by atoms with E-state index >= 15 is 0 Å². The van der Waals surface area contributed by atoms with Crippen LogP contribution < -0.4 is 10.9 Å². The van der Waals surface area contributed by atoms with Crippen molar-refractivity contribution >= 4 is 43.9 Å². The summed E-state index contributed by atoms with van der Waals surface area (Å²) in [5.41, 5.74) is 0.568. The molecule has 26 heavy (non-hydrogen) atoms. The van der Waals surface area contributed by atoms with E-state index < -0.39 is 15.7 Å². The molecule has 2 aromatic carbocycles. The summed E-state index contributed by atoms with van der Waals surface area (Å²) in [6.07, 6.45) is 1.08. The number of halogens is 1. The van der Waals surface area contributed by atoms with Crippen molar-refractivity contribution in [2.24, 2.45) is 0 Å². The Morgan fingerprint density at radius 2 is 1.88 bits per heavy atom. The van der Waals surface area contributed by atoms with E-state index in [4.69, 9.17) is 11.6 Å². The molecule has 9 heteroatoms. The van der Waals surface area contributed by atoms with Crippen LogP contribution in [0.3, 0.4) is 0 Å². The maximum atomic E-state index is 12.2. The van der Waals surface area contributed by atoms with Crippen LogP contribution in [0.5, 0.6) is 0 Å². The van der Waals surface area contributed by atoms with Crippen LogP contribution in [0.25, 0.3) is 10.9 Å². The molecule has 0 radical (unpaired) electrons. The first-order chi connectivity index (χ1) is 12.3. The molecule has 0 aliphatic carbocycles. The van der Waals surface area contributed by atoms with E-state index in [-0.39, 0.29) is 22.6 Å². The Kier molecular flexibility index (Phi) is 5.06. The molecule has 0 aliphatic heterocycles. The average molecular weight is 392 g/mol. The van der Waals surface area contributed by atoms with Gasteiger partial charge in [0.25, 0.3) is 5.56 Å². The number of anilines is 1. The molecule has 1 aromatic heterocycles. The Balaban J connectivity index is 1.68. The topological polar surface area (TPSA) is 109 Å². The van der Waals surface area contributed by atoms with Crippen LogP contribution in [-0.2, 0) is 14.6 Å². The van der Waals surface area contributed by atoms with Gasteiger partial charge in [0, 0.05) is 17.1 Å². The minimum absolute atomic E-state index is 0.109. The minimum atomic E-state index is -3.59. The van der Waals surface area contributed by atoms with Gasteiger partial charge in [-0.25, -0.2) is 13.4 Å². The van der Waals surface area contributed by atoms with Crippen LogP contribution in [0, 0.1) is 0 Å². The molecule has 3 aromatic rings. The normalized spacial score (nSPS) is 11.4. The number of carbonyl (C=O) groups is 1. The van der Waals surface area contributed by atoms with E-state index in [9.17, 15) is 18.0 Å². The highest BCUT2D eigenvalue weighted by Gasteiger charge is 2.16. The smallest absolute Gasteiger partial charge is 0.258 e. The van der Waals surface area contributed by atoms with Gasteiger partial charge in [0.05, 0.1) is 27.9 Å². The lowest BCUT2D eigenvalue weighted by atomic mass is 10.2. The van der Waals surface area contributed by atoms with Crippen molar-refractivity contribution in [2.75, 3.05) is 11.1 Å². The lowest BCUT2D eigenvalue weighted by molar-refractivity contribution is -0.115. The number of nitrogens with one attached hydrogen (secondary N) is 2. The Hall–Kier alpha value is -2.71. The molecule has 1 amide bonds. The van der Waals surface area contributed by atoms with Gasteiger partial charge < -0.3 is 10.3 Å². The van der Waals surface area contributed by atoms with Crippen LogP contribution in [0.2, 0.25) is 5.02 Å². The Morgan fingerprint density at radius 1 is 1.15 bits per heavy atom. The van der Waals surface area contributed by atoms with Gasteiger partial charge in [-0.3, -0.25) is 9.59 Å².